The third-order valence-electron chi connectivity index (χ3n) is 4.18. The molecule has 3 N–H and O–H groups in total. The predicted molar refractivity (Wildman–Crippen MR) is 72.6 cm³/mol. The van der Waals surface area contributed by atoms with Crippen LogP contribution in [-0.2, 0) is 5.41 Å². The van der Waals surface area contributed by atoms with E-state index in [0.29, 0.717) is 0 Å². The minimum absolute atomic E-state index is 0.168. The van der Waals surface area contributed by atoms with Crippen molar-refractivity contribution in [2.45, 2.75) is 38.1 Å². The van der Waals surface area contributed by atoms with Crippen molar-refractivity contribution < 1.29 is 0 Å². The Balaban J connectivity index is 2.22. The summed E-state index contributed by atoms with van der Waals surface area (Å²) >= 11 is 6.34. The van der Waals surface area contributed by atoms with Crippen LogP contribution in [0.1, 0.15) is 30.9 Å². The molecule has 1 heterocycles. The second-order valence-corrected chi connectivity index (χ2v) is 5.70. The van der Waals surface area contributed by atoms with E-state index in [1.807, 2.05) is 6.20 Å². The van der Waals surface area contributed by atoms with Gasteiger partial charge in [-0.25, -0.2) is 0 Å². The molecule has 0 saturated heterocycles. The van der Waals surface area contributed by atoms with Gasteiger partial charge in [-0.05, 0) is 49.9 Å². The van der Waals surface area contributed by atoms with Gasteiger partial charge in [0, 0.05) is 23.0 Å². The van der Waals surface area contributed by atoms with Gasteiger partial charge in [0.25, 0.3) is 0 Å². The van der Waals surface area contributed by atoms with Crippen molar-refractivity contribution >= 4 is 22.5 Å². The summed E-state index contributed by atoms with van der Waals surface area (Å²) in [6.07, 6.45) is 4.36. The summed E-state index contributed by atoms with van der Waals surface area (Å²) in [6, 6.07) is 4.52. The maximum Gasteiger partial charge on any atom is 0.0650 e. The zero-order chi connectivity index (χ0) is 12.2. The van der Waals surface area contributed by atoms with Gasteiger partial charge in [0.2, 0.25) is 0 Å². The molecule has 1 aromatic heterocycles. The first-order valence-electron chi connectivity index (χ1n) is 6.08. The molecular formula is C14H17ClN2. The van der Waals surface area contributed by atoms with Gasteiger partial charge in [-0.1, -0.05) is 11.6 Å². The van der Waals surface area contributed by atoms with Crippen LogP contribution in [0.15, 0.2) is 18.3 Å². The lowest BCUT2D eigenvalue weighted by Crippen LogP contribution is -2.31. The number of rotatable bonds is 2. The number of aromatic nitrogens is 1. The molecule has 1 aromatic carbocycles. The third-order valence-corrected chi connectivity index (χ3v) is 4.48. The number of halogens is 1. The standard InChI is InChI=1S/C14H17ClN2/c1-8-7-17-13-11(8)5-10(6-12(13)15)14(3-4-14)9(2)16/h5-7,9,17H,3-4,16H2,1-2H3. The minimum atomic E-state index is 0.168. The van der Waals surface area contributed by atoms with E-state index in [9.17, 15) is 0 Å². The monoisotopic (exact) mass is 248 g/mol. The average Bonchev–Trinajstić information content (AvgIpc) is 3.01. The van der Waals surface area contributed by atoms with E-state index in [1.165, 1.54) is 29.4 Å². The van der Waals surface area contributed by atoms with Crippen LogP contribution in [-0.4, -0.2) is 11.0 Å². The summed E-state index contributed by atoms with van der Waals surface area (Å²) in [7, 11) is 0. The number of hydrogen-bond acceptors (Lipinski definition) is 1. The van der Waals surface area contributed by atoms with Crippen LogP contribution in [0.5, 0.6) is 0 Å². The van der Waals surface area contributed by atoms with Crippen LogP contribution in [0.3, 0.4) is 0 Å². The highest BCUT2D eigenvalue weighted by molar-refractivity contribution is 6.35. The number of benzene rings is 1. The fourth-order valence-electron chi connectivity index (χ4n) is 2.75. The first kappa shape index (κ1) is 11.1. The van der Waals surface area contributed by atoms with E-state index in [-0.39, 0.29) is 11.5 Å². The molecular weight excluding hydrogens is 232 g/mol. The molecule has 90 valence electrons. The van der Waals surface area contributed by atoms with Gasteiger partial charge in [0.15, 0.2) is 0 Å². The van der Waals surface area contributed by atoms with Crippen molar-refractivity contribution in [1.29, 1.82) is 0 Å². The fraction of sp³-hybridized carbons (Fsp3) is 0.429. The van der Waals surface area contributed by atoms with Crippen LogP contribution in [0.4, 0.5) is 0 Å². The normalized spacial score (nSPS) is 19.5. The molecule has 2 nitrogen and oxygen atoms in total. The predicted octanol–water partition coefficient (Wildman–Crippen LogP) is 3.51. The highest BCUT2D eigenvalue weighted by Gasteiger charge is 2.47. The average molecular weight is 249 g/mol. The van der Waals surface area contributed by atoms with Crippen LogP contribution >= 0.6 is 11.6 Å². The summed E-state index contributed by atoms with van der Waals surface area (Å²) < 4.78 is 0. The molecule has 1 fully saturated rings. The molecule has 0 radical (unpaired) electrons. The Morgan fingerprint density at radius 1 is 1.41 bits per heavy atom. The number of aromatic amines is 1. The Labute approximate surface area is 106 Å². The number of aryl methyl sites for hydroxylation is 1. The first-order valence-corrected chi connectivity index (χ1v) is 6.46. The van der Waals surface area contributed by atoms with Crippen molar-refractivity contribution in [1.82, 2.24) is 4.98 Å². The topological polar surface area (TPSA) is 41.8 Å². The SMILES string of the molecule is Cc1c[nH]c2c(Cl)cc(C3(C(C)N)CC3)cc12. The van der Waals surface area contributed by atoms with Crippen LogP contribution in [0.25, 0.3) is 10.9 Å². The van der Waals surface area contributed by atoms with Crippen molar-refractivity contribution in [2.24, 2.45) is 5.73 Å². The van der Waals surface area contributed by atoms with E-state index in [1.54, 1.807) is 0 Å². The van der Waals surface area contributed by atoms with Gasteiger partial charge >= 0.3 is 0 Å². The molecule has 0 amide bonds. The summed E-state index contributed by atoms with van der Waals surface area (Å²) in [4.78, 5) is 3.22. The van der Waals surface area contributed by atoms with E-state index >= 15 is 0 Å². The van der Waals surface area contributed by atoms with Gasteiger partial charge in [-0.2, -0.15) is 0 Å². The van der Waals surface area contributed by atoms with Crippen molar-refractivity contribution in [2.75, 3.05) is 0 Å². The van der Waals surface area contributed by atoms with E-state index in [4.69, 9.17) is 17.3 Å². The maximum atomic E-state index is 6.34. The molecule has 0 spiro atoms. The van der Waals surface area contributed by atoms with Crippen molar-refractivity contribution in [3.63, 3.8) is 0 Å². The Morgan fingerprint density at radius 3 is 2.71 bits per heavy atom. The molecule has 1 atom stereocenters. The molecule has 0 aliphatic heterocycles. The lowest BCUT2D eigenvalue weighted by atomic mass is 9.88. The van der Waals surface area contributed by atoms with E-state index in [0.717, 1.165) is 10.5 Å². The highest BCUT2D eigenvalue weighted by Crippen LogP contribution is 2.51. The van der Waals surface area contributed by atoms with Crippen molar-refractivity contribution in [3.8, 4) is 0 Å². The number of hydrogen-bond donors (Lipinski definition) is 2. The second kappa shape index (κ2) is 3.50. The van der Waals surface area contributed by atoms with Gasteiger partial charge in [-0.3, -0.25) is 0 Å². The quantitative estimate of drug-likeness (QED) is 0.839. The highest BCUT2D eigenvalue weighted by atomic mass is 35.5. The number of nitrogens with one attached hydrogen (secondary N) is 1. The second-order valence-electron chi connectivity index (χ2n) is 5.30. The maximum absolute atomic E-state index is 6.34. The molecule has 1 aliphatic rings. The molecule has 1 aliphatic carbocycles. The van der Waals surface area contributed by atoms with Crippen LogP contribution < -0.4 is 5.73 Å². The summed E-state index contributed by atoms with van der Waals surface area (Å²) in [5.74, 6) is 0. The zero-order valence-corrected chi connectivity index (χ0v) is 10.9. The van der Waals surface area contributed by atoms with Gasteiger partial charge in [-0.15, -0.1) is 0 Å². The Bertz CT molecular complexity index is 579. The molecule has 17 heavy (non-hydrogen) atoms. The molecule has 3 rings (SSSR count). The fourth-order valence-corrected chi connectivity index (χ4v) is 3.03. The molecule has 2 aromatic rings. The minimum Gasteiger partial charge on any atom is -0.360 e. The Hall–Kier alpha value is -0.990. The smallest absolute Gasteiger partial charge is 0.0650 e. The van der Waals surface area contributed by atoms with E-state index in [2.05, 4.69) is 31.0 Å². The summed E-state index contributed by atoms with van der Waals surface area (Å²) in [5, 5.41) is 2.02. The van der Waals surface area contributed by atoms with Gasteiger partial charge in [0.05, 0.1) is 10.5 Å². The Kier molecular flexibility index (Phi) is 2.29. The third kappa shape index (κ3) is 1.51. The van der Waals surface area contributed by atoms with Gasteiger partial charge < -0.3 is 10.7 Å². The van der Waals surface area contributed by atoms with E-state index < -0.39 is 0 Å². The molecule has 0 bridgehead atoms. The summed E-state index contributed by atoms with van der Waals surface area (Å²) in [5.41, 5.74) is 9.86. The Morgan fingerprint density at radius 2 is 2.12 bits per heavy atom. The lowest BCUT2D eigenvalue weighted by Gasteiger charge is -2.20. The van der Waals surface area contributed by atoms with Crippen LogP contribution in [0.2, 0.25) is 5.02 Å². The molecule has 1 saturated carbocycles. The first-order chi connectivity index (χ1) is 8.04. The van der Waals surface area contributed by atoms with Crippen LogP contribution in [0, 0.1) is 6.92 Å². The zero-order valence-electron chi connectivity index (χ0n) is 10.2. The lowest BCUT2D eigenvalue weighted by molar-refractivity contribution is 0.557. The van der Waals surface area contributed by atoms with Crippen molar-refractivity contribution in [3.05, 3.63) is 34.5 Å². The number of fused-ring (bicyclic) bond motifs is 1. The largest absolute Gasteiger partial charge is 0.360 e. The number of H-pyrrole nitrogens is 1. The van der Waals surface area contributed by atoms with Gasteiger partial charge in [0.1, 0.15) is 0 Å². The molecule has 1 unspecified atom stereocenters. The number of nitrogens with two attached hydrogens (primary N) is 1. The molecule has 3 heteroatoms. The summed E-state index contributed by atoms with van der Waals surface area (Å²) in [6.45, 7) is 4.19.